The molecule has 1 saturated heterocycles. The van der Waals surface area contributed by atoms with Gasteiger partial charge in [-0.3, -0.25) is 20.6 Å². The molecule has 0 aliphatic carbocycles. The predicted molar refractivity (Wildman–Crippen MR) is 83.5 cm³/mol. The van der Waals surface area contributed by atoms with Crippen LogP contribution in [0.15, 0.2) is 24.5 Å². The molecular formula is C16H26N4O. The third-order valence-corrected chi connectivity index (χ3v) is 4.05. The summed E-state index contributed by atoms with van der Waals surface area (Å²) in [5, 5.41) is 0. The number of hydrogen-bond acceptors (Lipinski definition) is 4. The summed E-state index contributed by atoms with van der Waals surface area (Å²) in [6, 6.07) is 4.51. The van der Waals surface area contributed by atoms with Gasteiger partial charge in [-0.2, -0.15) is 0 Å². The average molecular weight is 290 g/mol. The maximum absolute atomic E-state index is 12.2. The summed E-state index contributed by atoms with van der Waals surface area (Å²) in [5.74, 6) is 0.141. The molecule has 2 rings (SSSR count). The summed E-state index contributed by atoms with van der Waals surface area (Å²) in [7, 11) is 1.87. The molecule has 116 valence electrons. The predicted octanol–water partition coefficient (Wildman–Crippen LogP) is 1.36. The number of rotatable bonds is 4. The van der Waals surface area contributed by atoms with Crippen LogP contribution >= 0.6 is 0 Å². The van der Waals surface area contributed by atoms with E-state index in [4.69, 9.17) is 0 Å². The van der Waals surface area contributed by atoms with Gasteiger partial charge in [0.05, 0.1) is 6.42 Å². The molecule has 2 heterocycles. The molecule has 2 atom stereocenters. The molecular weight excluding hydrogens is 264 g/mol. The number of pyridine rings is 1. The Morgan fingerprint density at radius 2 is 2.00 bits per heavy atom. The standard InChI is InChI=1S/C16H26N4O/c1-16(2,3)14-10-13(18-19-14)11-20(4)15(21)9-12-5-7-17-8-6-12/h5-8,13-14,18-19H,9-11H2,1-4H3. The number of amides is 1. The SMILES string of the molecule is CN(CC1CC(C(C)(C)C)NN1)C(=O)Cc1ccncc1. The van der Waals surface area contributed by atoms with Crippen LogP contribution in [0.25, 0.3) is 0 Å². The van der Waals surface area contributed by atoms with Crippen LogP contribution in [0, 0.1) is 5.41 Å². The maximum atomic E-state index is 12.2. The number of nitrogens with zero attached hydrogens (tertiary/aromatic N) is 2. The van der Waals surface area contributed by atoms with E-state index in [0.717, 1.165) is 18.5 Å². The van der Waals surface area contributed by atoms with Gasteiger partial charge in [-0.15, -0.1) is 0 Å². The number of aromatic nitrogens is 1. The zero-order chi connectivity index (χ0) is 15.5. The summed E-state index contributed by atoms with van der Waals surface area (Å²) in [4.78, 5) is 18.0. The molecule has 0 saturated carbocycles. The minimum atomic E-state index is 0.141. The lowest BCUT2D eigenvalue weighted by Gasteiger charge is -2.26. The zero-order valence-electron chi connectivity index (χ0n) is 13.4. The van der Waals surface area contributed by atoms with Gasteiger partial charge in [0.2, 0.25) is 5.91 Å². The number of nitrogens with one attached hydrogen (secondary N) is 2. The van der Waals surface area contributed by atoms with Crippen molar-refractivity contribution < 1.29 is 4.79 Å². The van der Waals surface area contributed by atoms with Gasteiger partial charge in [-0.1, -0.05) is 20.8 Å². The normalized spacial score (nSPS) is 22.3. The van der Waals surface area contributed by atoms with Gasteiger partial charge in [0.25, 0.3) is 0 Å². The van der Waals surface area contributed by atoms with Crippen molar-refractivity contribution in [1.82, 2.24) is 20.7 Å². The Morgan fingerprint density at radius 1 is 1.33 bits per heavy atom. The Morgan fingerprint density at radius 3 is 2.57 bits per heavy atom. The van der Waals surface area contributed by atoms with Crippen LogP contribution in [0.1, 0.15) is 32.8 Å². The second kappa shape index (κ2) is 6.54. The Hall–Kier alpha value is -1.46. The first kappa shape index (κ1) is 15.9. The summed E-state index contributed by atoms with van der Waals surface area (Å²) in [6.45, 7) is 7.41. The van der Waals surface area contributed by atoms with Crippen LogP contribution in [0.4, 0.5) is 0 Å². The highest BCUT2D eigenvalue weighted by atomic mass is 16.2. The minimum absolute atomic E-state index is 0.141. The van der Waals surface area contributed by atoms with Crippen molar-refractivity contribution in [3.63, 3.8) is 0 Å². The fourth-order valence-electron chi connectivity index (χ4n) is 2.55. The highest BCUT2D eigenvalue weighted by molar-refractivity contribution is 5.78. The topological polar surface area (TPSA) is 57.3 Å². The van der Waals surface area contributed by atoms with E-state index in [1.54, 1.807) is 12.4 Å². The minimum Gasteiger partial charge on any atom is -0.344 e. The molecule has 1 aromatic heterocycles. The summed E-state index contributed by atoms with van der Waals surface area (Å²) >= 11 is 0. The van der Waals surface area contributed by atoms with E-state index in [1.807, 2.05) is 24.1 Å². The van der Waals surface area contributed by atoms with Gasteiger partial charge in [0.1, 0.15) is 0 Å². The van der Waals surface area contributed by atoms with E-state index in [9.17, 15) is 4.79 Å². The summed E-state index contributed by atoms with van der Waals surface area (Å²) in [5.41, 5.74) is 7.88. The van der Waals surface area contributed by atoms with Crippen molar-refractivity contribution >= 4 is 5.91 Å². The molecule has 0 aromatic carbocycles. The number of likely N-dealkylation sites (N-methyl/N-ethyl adjacent to an activating group) is 1. The molecule has 0 bridgehead atoms. The smallest absolute Gasteiger partial charge is 0.226 e. The largest absolute Gasteiger partial charge is 0.344 e. The third kappa shape index (κ3) is 4.51. The highest BCUT2D eigenvalue weighted by Gasteiger charge is 2.33. The second-order valence-corrected chi connectivity index (χ2v) is 6.95. The molecule has 2 N–H and O–H groups in total. The molecule has 1 amide bonds. The van der Waals surface area contributed by atoms with Gasteiger partial charge in [-0.05, 0) is 29.5 Å². The van der Waals surface area contributed by atoms with Crippen molar-refractivity contribution in [2.75, 3.05) is 13.6 Å². The summed E-state index contributed by atoms with van der Waals surface area (Å²) < 4.78 is 0. The van der Waals surface area contributed by atoms with Crippen LogP contribution in [0.5, 0.6) is 0 Å². The molecule has 21 heavy (non-hydrogen) atoms. The zero-order valence-corrected chi connectivity index (χ0v) is 13.4. The lowest BCUT2D eigenvalue weighted by Crippen LogP contribution is -2.43. The first-order valence-electron chi connectivity index (χ1n) is 7.50. The molecule has 1 aromatic rings. The van der Waals surface area contributed by atoms with Gasteiger partial charge >= 0.3 is 0 Å². The first-order valence-corrected chi connectivity index (χ1v) is 7.50. The molecule has 5 nitrogen and oxygen atoms in total. The third-order valence-electron chi connectivity index (χ3n) is 4.05. The molecule has 1 aliphatic heterocycles. The lowest BCUT2D eigenvalue weighted by molar-refractivity contribution is -0.129. The Balaban J connectivity index is 1.82. The maximum Gasteiger partial charge on any atom is 0.226 e. The fourth-order valence-corrected chi connectivity index (χ4v) is 2.55. The van der Waals surface area contributed by atoms with Crippen LogP contribution in [0.3, 0.4) is 0 Å². The number of carbonyl (C=O) groups excluding carboxylic acids is 1. The Labute approximate surface area is 127 Å². The summed E-state index contributed by atoms with van der Waals surface area (Å²) in [6.07, 6.45) is 4.91. The van der Waals surface area contributed by atoms with E-state index in [1.165, 1.54) is 0 Å². The van der Waals surface area contributed by atoms with Crippen LogP contribution in [0.2, 0.25) is 0 Å². The van der Waals surface area contributed by atoms with Crippen molar-refractivity contribution in [1.29, 1.82) is 0 Å². The second-order valence-electron chi connectivity index (χ2n) is 6.95. The molecule has 1 fully saturated rings. The van der Waals surface area contributed by atoms with E-state index in [2.05, 4.69) is 36.6 Å². The number of carbonyl (C=O) groups is 1. The van der Waals surface area contributed by atoms with Gasteiger partial charge in [0, 0.05) is 38.1 Å². The van der Waals surface area contributed by atoms with Crippen molar-refractivity contribution in [3.05, 3.63) is 30.1 Å². The van der Waals surface area contributed by atoms with E-state index < -0.39 is 0 Å². The Bertz CT molecular complexity index is 469. The van der Waals surface area contributed by atoms with Crippen molar-refractivity contribution in [3.8, 4) is 0 Å². The van der Waals surface area contributed by atoms with Gasteiger partial charge < -0.3 is 4.90 Å². The fraction of sp³-hybridized carbons (Fsp3) is 0.625. The lowest BCUT2D eigenvalue weighted by atomic mass is 9.84. The van der Waals surface area contributed by atoms with Crippen molar-refractivity contribution in [2.24, 2.45) is 5.41 Å². The van der Waals surface area contributed by atoms with E-state index >= 15 is 0 Å². The van der Waals surface area contributed by atoms with Gasteiger partial charge in [-0.25, -0.2) is 0 Å². The Kier molecular flexibility index (Phi) is 4.96. The quantitative estimate of drug-likeness (QED) is 0.879. The first-order chi connectivity index (χ1) is 9.86. The number of hydrogen-bond donors (Lipinski definition) is 2. The highest BCUT2D eigenvalue weighted by Crippen LogP contribution is 2.25. The molecule has 5 heteroatoms. The molecule has 0 spiro atoms. The number of hydrazine groups is 1. The van der Waals surface area contributed by atoms with Gasteiger partial charge in [0.15, 0.2) is 0 Å². The van der Waals surface area contributed by atoms with E-state index in [-0.39, 0.29) is 11.3 Å². The molecule has 2 unspecified atom stereocenters. The monoisotopic (exact) mass is 290 g/mol. The molecule has 0 radical (unpaired) electrons. The van der Waals surface area contributed by atoms with Crippen molar-refractivity contribution in [2.45, 2.75) is 45.7 Å². The van der Waals surface area contributed by atoms with E-state index in [0.29, 0.717) is 18.5 Å². The molecule has 1 aliphatic rings. The van der Waals surface area contributed by atoms with Crippen LogP contribution < -0.4 is 10.9 Å². The average Bonchev–Trinajstić information content (AvgIpc) is 2.88. The van der Waals surface area contributed by atoms with Crippen LogP contribution in [-0.4, -0.2) is 41.5 Å². The van der Waals surface area contributed by atoms with Crippen LogP contribution in [-0.2, 0) is 11.2 Å².